The maximum Gasteiger partial charge on any atom is 0.287 e. The van der Waals surface area contributed by atoms with Crippen molar-refractivity contribution in [3.8, 4) is 17.6 Å². The average molecular weight is 433 g/mol. The number of rotatable bonds is 6. The second-order valence-corrected chi connectivity index (χ2v) is 6.56. The molecule has 0 aliphatic heterocycles. The number of aromatic nitrogens is 2. The van der Waals surface area contributed by atoms with Crippen molar-refractivity contribution < 1.29 is 18.7 Å². The van der Waals surface area contributed by atoms with Gasteiger partial charge in [0.25, 0.3) is 5.91 Å². The molecule has 0 spiro atoms. The number of nitrogens with zero attached hydrogens (tertiary/aromatic N) is 2. The fraction of sp³-hybridized carbons (Fsp3) is 0.0526. The highest BCUT2D eigenvalue weighted by atomic mass is 35.5. The zero-order valence-corrected chi connectivity index (χ0v) is 16.0. The van der Waals surface area contributed by atoms with Crippen LogP contribution in [0.2, 0.25) is 10.0 Å². The Balaban J connectivity index is 1.80. The predicted molar refractivity (Wildman–Crippen MR) is 103 cm³/mol. The highest BCUT2D eigenvalue weighted by molar-refractivity contribution is 6.32. The number of aldehydes is 1. The Morgan fingerprint density at radius 2 is 2.14 bits per heavy atom. The molecule has 3 rings (SSSR count). The fourth-order valence-electron chi connectivity index (χ4n) is 2.38. The lowest BCUT2D eigenvalue weighted by molar-refractivity contribution is 0.0941. The Hall–Kier alpha value is -3.41. The van der Waals surface area contributed by atoms with Crippen molar-refractivity contribution in [2.75, 3.05) is 0 Å². The van der Waals surface area contributed by atoms with Crippen molar-refractivity contribution in [2.45, 2.75) is 6.54 Å². The van der Waals surface area contributed by atoms with Crippen molar-refractivity contribution in [1.29, 1.82) is 5.26 Å². The van der Waals surface area contributed by atoms with Crippen LogP contribution in [-0.4, -0.2) is 22.2 Å². The molecule has 0 fully saturated rings. The topological polar surface area (TPSA) is 108 Å². The second-order valence-electron chi connectivity index (χ2n) is 5.71. The van der Waals surface area contributed by atoms with E-state index in [0.29, 0.717) is 6.29 Å². The summed E-state index contributed by atoms with van der Waals surface area (Å²) in [5, 5.41) is 11.7. The van der Waals surface area contributed by atoms with E-state index in [4.69, 9.17) is 33.2 Å². The number of H-pyrrole nitrogens is 1. The zero-order valence-electron chi connectivity index (χ0n) is 14.5. The van der Waals surface area contributed by atoms with Gasteiger partial charge < -0.3 is 15.0 Å². The number of carbonyl (C=O) groups excluding carboxylic acids is 2. The average Bonchev–Trinajstić information content (AvgIpc) is 3.19. The van der Waals surface area contributed by atoms with E-state index in [9.17, 15) is 14.0 Å². The molecule has 3 aromatic rings. The van der Waals surface area contributed by atoms with Crippen molar-refractivity contribution in [3.63, 3.8) is 0 Å². The molecular formula is C19H11Cl2FN4O3. The molecule has 0 saturated heterocycles. The first-order chi connectivity index (χ1) is 13.9. The number of imidazole rings is 1. The van der Waals surface area contributed by atoms with E-state index in [1.807, 2.05) is 6.07 Å². The van der Waals surface area contributed by atoms with Crippen molar-refractivity contribution in [2.24, 2.45) is 0 Å². The number of hydrogen-bond acceptors (Lipinski definition) is 5. The normalized spacial score (nSPS) is 10.3. The first kappa shape index (κ1) is 20.3. The lowest BCUT2D eigenvalue weighted by atomic mass is 10.2. The van der Waals surface area contributed by atoms with Gasteiger partial charge in [0.15, 0.2) is 23.7 Å². The molecule has 1 heterocycles. The van der Waals surface area contributed by atoms with Crippen LogP contribution in [0.4, 0.5) is 4.39 Å². The van der Waals surface area contributed by atoms with Gasteiger partial charge in [-0.2, -0.15) is 5.26 Å². The Bertz CT molecular complexity index is 1140. The van der Waals surface area contributed by atoms with Gasteiger partial charge in [-0.05, 0) is 24.3 Å². The van der Waals surface area contributed by atoms with Gasteiger partial charge in [0.2, 0.25) is 0 Å². The summed E-state index contributed by atoms with van der Waals surface area (Å²) in [7, 11) is 0. The number of carbonyl (C=O) groups is 2. The number of hydrogen-bond donors (Lipinski definition) is 2. The van der Waals surface area contributed by atoms with Crippen LogP contribution >= 0.6 is 23.2 Å². The van der Waals surface area contributed by atoms with E-state index >= 15 is 0 Å². The van der Waals surface area contributed by atoms with Gasteiger partial charge in [0.1, 0.15) is 11.4 Å². The quantitative estimate of drug-likeness (QED) is 0.565. The molecule has 1 amide bonds. The lowest BCUT2D eigenvalue weighted by Gasteiger charge is -2.13. The van der Waals surface area contributed by atoms with Crippen LogP contribution in [-0.2, 0) is 6.54 Å². The summed E-state index contributed by atoms with van der Waals surface area (Å²) in [5.41, 5.74) is 0.407. The molecule has 0 saturated carbocycles. The number of halogens is 3. The molecule has 2 N–H and O–H groups in total. The summed E-state index contributed by atoms with van der Waals surface area (Å²) in [6.45, 7) is -0.186. The third-order valence-electron chi connectivity index (χ3n) is 3.72. The summed E-state index contributed by atoms with van der Waals surface area (Å²) in [4.78, 5) is 29.0. The summed E-state index contributed by atoms with van der Waals surface area (Å²) in [5.74, 6) is -1.63. The summed E-state index contributed by atoms with van der Waals surface area (Å²) in [6, 6.07) is 8.95. The molecule has 29 heavy (non-hydrogen) atoms. The molecule has 7 nitrogen and oxygen atoms in total. The first-order valence-corrected chi connectivity index (χ1v) is 8.81. The minimum Gasteiger partial charge on any atom is -0.453 e. The van der Waals surface area contributed by atoms with Gasteiger partial charge in [-0.15, -0.1) is 0 Å². The van der Waals surface area contributed by atoms with E-state index in [1.165, 1.54) is 36.5 Å². The maximum atomic E-state index is 14.9. The maximum absolute atomic E-state index is 14.9. The fourth-order valence-corrected chi connectivity index (χ4v) is 2.79. The number of amides is 1. The third kappa shape index (κ3) is 4.71. The van der Waals surface area contributed by atoms with Crippen LogP contribution in [0.1, 0.15) is 32.2 Å². The Morgan fingerprint density at radius 1 is 1.34 bits per heavy atom. The van der Waals surface area contributed by atoms with Crippen molar-refractivity contribution >= 4 is 35.4 Å². The van der Waals surface area contributed by atoms with Gasteiger partial charge in [0.05, 0.1) is 16.7 Å². The first-order valence-electron chi connectivity index (χ1n) is 8.05. The summed E-state index contributed by atoms with van der Waals surface area (Å²) in [6.07, 6.45) is 1.76. The number of nitrogens with one attached hydrogen (secondary N) is 2. The smallest absolute Gasteiger partial charge is 0.287 e. The van der Waals surface area contributed by atoms with E-state index in [0.717, 1.165) is 0 Å². The molecule has 146 valence electrons. The van der Waals surface area contributed by atoms with Gasteiger partial charge in [-0.3, -0.25) is 9.59 Å². The van der Waals surface area contributed by atoms with Crippen LogP contribution in [0, 0.1) is 17.1 Å². The summed E-state index contributed by atoms with van der Waals surface area (Å²) >= 11 is 12.0. The van der Waals surface area contributed by atoms with E-state index in [1.54, 1.807) is 0 Å². The van der Waals surface area contributed by atoms with Crippen LogP contribution in [0.15, 0.2) is 36.5 Å². The minimum absolute atomic E-state index is 0.00211. The largest absolute Gasteiger partial charge is 0.453 e. The molecule has 0 unspecified atom stereocenters. The van der Waals surface area contributed by atoms with Crippen LogP contribution < -0.4 is 10.1 Å². The summed E-state index contributed by atoms with van der Waals surface area (Å²) < 4.78 is 20.4. The number of aromatic amines is 1. The van der Waals surface area contributed by atoms with Gasteiger partial charge in [0, 0.05) is 23.3 Å². The molecule has 0 aliphatic rings. The Kier molecular flexibility index (Phi) is 6.12. The predicted octanol–water partition coefficient (Wildman–Crippen LogP) is 4.26. The second kappa shape index (κ2) is 8.73. The Labute approximate surface area is 174 Å². The third-order valence-corrected chi connectivity index (χ3v) is 4.24. The Morgan fingerprint density at radius 3 is 2.83 bits per heavy atom. The molecule has 0 radical (unpaired) electrons. The van der Waals surface area contributed by atoms with Gasteiger partial charge in [-0.1, -0.05) is 29.3 Å². The number of nitriles is 1. The highest BCUT2D eigenvalue weighted by Crippen LogP contribution is 2.35. The monoisotopic (exact) mass is 432 g/mol. The van der Waals surface area contributed by atoms with Crippen LogP contribution in [0.3, 0.4) is 0 Å². The zero-order chi connectivity index (χ0) is 21.0. The highest BCUT2D eigenvalue weighted by Gasteiger charge is 2.17. The molecule has 1 aromatic heterocycles. The van der Waals surface area contributed by atoms with E-state index < -0.39 is 11.7 Å². The molecule has 0 atom stereocenters. The van der Waals surface area contributed by atoms with E-state index in [-0.39, 0.29) is 50.7 Å². The molecular weight excluding hydrogens is 422 g/mol. The van der Waals surface area contributed by atoms with Crippen LogP contribution in [0.25, 0.3) is 0 Å². The van der Waals surface area contributed by atoms with Gasteiger partial charge in [-0.25, -0.2) is 9.37 Å². The molecule has 0 aliphatic carbocycles. The van der Waals surface area contributed by atoms with Crippen LogP contribution in [0.5, 0.6) is 11.5 Å². The lowest BCUT2D eigenvalue weighted by Crippen LogP contribution is -2.24. The number of benzene rings is 2. The molecule has 10 heteroatoms. The standard InChI is InChI=1S/C19H11Cl2FN4O3/c20-12-3-10(6-23)4-14(5-12)29-17-15(21)2-1-11(16(17)22)7-25-19(28)18-24-8-13(9-27)26-18/h1-5,8-9H,7H2,(H,24,26)(H,25,28). The van der Waals surface area contributed by atoms with E-state index in [2.05, 4.69) is 15.3 Å². The van der Waals surface area contributed by atoms with Crippen molar-refractivity contribution in [3.05, 3.63) is 75.0 Å². The van der Waals surface area contributed by atoms with Gasteiger partial charge >= 0.3 is 0 Å². The molecule has 2 aromatic carbocycles. The SMILES string of the molecule is N#Cc1cc(Cl)cc(Oc2c(Cl)ccc(CNC(=O)c3nc(C=O)c[nH]3)c2F)c1. The molecule has 0 bridgehead atoms. The van der Waals surface area contributed by atoms with Crippen molar-refractivity contribution in [1.82, 2.24) is 15.3 Å². The number of ether oxygens (including phenoxy) is 1. The minimum atomic E-state index is -0.788.